The first-order valence-corrected chi connectivity index (χ1v) is 6.50. The van der Waals surface area contributed by atoms with E-state index in [9.17, 15) is 9.90 Å². The minimum absolute atomic E-state index is 0.103. The lowest BCUT2D eigenvalue weighted by Crippen LogP contribution is -2.08. The van der Waals surface area contributed by atoms with Crippen molar-refractivity contribution in [2.45, 2.75) is 13.8 Å². The topological polar surface area (TPSA) is 68.3 Å². The van der Waals surface area contributed by atoms with E-state index in [2.05, 4.69) is 5.10 Å². The van der Waals surface area contributed by atoms with Crippen molar-refractivity contribution in [2.75, 3.05) is 0 Å². The number of aromatic carboxylic acids is 1. The summed E-state index contributed by atoms with van der Waals surface area (Å²) < 4.78 is 6.71. The first-order chi connectivity index (χ1) is 10.0. The van der Waals surface area contributed by atoms with Gasteiger partial charge in [-0.3, -0.25) is 0 Å². The van der Waals surface area contributed by atoms with Gasteiger partial charge in [0.25, 0.3) is 0 Å². The Morgan fingerprint density at radius 3 is 2.48 bits per heavy atom. The van der Waals surface area contributed by atoms with E-state index in [0.29, 0.717) is 11.5 Å². The average Bonchev–Trinajstić information content (AvgIpc) is 3.06. The molecule has 0 aliphatic rings. The van der Waals surface area contributed by atoms with Gasteiger partial charge >= 0.3 is 5.97 Å². The molecule has 3 aromatic rings. The van der Waals surface area contributed by atoms with Crippen molar-refractivity contribution >= 4 is 5.97 Å². The van der Waals surface area contributed by atoms with Crippen molar-refractivity contribution in [3.63, 3.8) is 0 Å². The maximum absolute atomic E-state index is 11.5. The second kappa shape index (κ2) is 4.94. The number of hydrogen-bond donors (Lipinski definition) is 1. The van der Waals surface area contributed by atoms with Gasteiger partial charge in [-0.25, -0.2) is 9.48 Å². The number of carboxylic acid groups (broad SMARTS) is 1. The molecule has 0 spiro atoms. The van der Waals surface area contributed by atoms with E-state index in [4.69, 9.17) is 4.42 Å². The molecule has 1 aromatic carbocycles. The van der Waals surface area contributed by atoms with E-state index < -0.39 is 5.97 Å². The van der Waals surface area contributed by atoms with Gasteiger partial charge < -0.3 is 9.52 Å². The molecule has 3 rings (SSSR count). The summed E-state index contributed by atoms with van der Waals surface area (Å²) in [6.07, 6.45) is 1.53. The second-order valence-electron chi connectivity index (χ2n) is 4.95. The van der Waals surface area contributed by atoms with Crippen LogP contribution in [-0.2, 0) is 0 Å². The van der Waals surface area contributed by atoms with E-state index in [-0.39, 0.29) is 5.69 Å². The fourth-order valence-corrected chi connectivity index (χ4v) is 2.35. The summed E-state index contributed by atoms with van der Waals surface area (Å²) in [6.45, 7) is 3.93. The molecule has 0 bridgehead atoms. The average molecular weight is 282 g/mol. The third-order valence-electron chi connectivity index (χ3n) is 3.15. The van der Waals surface area contributed by atoms with Crippen LogP contribution in [-0.4, -0.2) is 20.9 Å². The van der Waals surface area contributed by atoms with E-state index in [1.807, 2.05) is 32.0 Å². The number of nitrogens with zero attached hydrogens (tertiary/aromatic N) is 2. The Kier molecular flexibility index (Phi) is 3.10. The van der Waals surface area contributed by atoms with Crippen LogP contribution in [0, 0.1) is 13.8 Å². The molecule has 0 aliphatic heterocycles. The summed E-state index contributed by atoms with van der Waals surface area (Å²) in [6, 6.07) is 10.8. The number of furan rings is 1. The number of rotatable bonds is 3. The monoisotopic (exact) mass is 282 g/mol. The van der Waals surface area contributed by atoms with E-state index >= 15 is 0 Å². The quantitative estimate of drug-likeness (QED) is 0.799. The Bertz CT molecular complexity index is 781. The highest BCUT2D eigenvalue weighted by Gasteiger charge is 2.18. The normalized spacial score (nSPS) is 10.8. The number of hydrogen-bond acceptors (Lipinski definition) is 3. The predicted octanol–water partition coefficient (Wildman–Crippen LogP) is 3.45. The van der Waals surface area contributed by atoms with Gasteiger partial charge in [0, 0.05) is 6.07 Å². The standard InChI is InChI=1S/C16H14N2O3/c1-10-6-11(2)8-12(7-10)18-14(16(19)20)9-13(17-18)15-4-3-5-21-15/h3-9H,1-2H3,(H,19,20). The van der Waals surface area contributed by atoms with Crippen LogP contribution in [0.5, 0.6) is 0 Å². The van der Waals surface area contributed by atoms with Crippen molar-refractivity contribution in [3.8, 4) is 17.1 Å². The minimum Gasteiger partial charge on any atom is -0.477 e. The van der Waals surface area contributed by atoms with Crippen LogP contribution in [0.25, 0.3) is 17.1 Å². The van der Waals surface area contributed by atoms with Crippen molar-refractivity contribution < 1.29 is 14.3 Å². The molecule has 0 radical (unpaired) electrons. The third kappa shape index (κ3) is 2.45. The molecule has 2 heterocycles. The number of benzene rings is 1. The Labute approximate surface area is 121 Å². The van der Waals surface area contributed by atoms with Crippen molar-refractivity contribution in [1.29, 1.82) is 0 Å². The Morgan fingerprint density at radius 1 is 1.19 bits per heavy atom. The summed E-state index contributed by atoms with van der Waals surface area (Å²) >= 11 is 0. The molecule has 106 valence electrons. The van der Waals surface area contributed by atoms with Gasteiger partial charge in [0.05, 0.1) is 12.0 Å². The molecule has 2 aromatic heterocycles. The van der Waals surface area contributed by atoms with Gasteiger partial charge in [0.2, 0.25) is 0 Å². The summed E-state index contributed by atoms with van der Waals surface area (Å²) in [5, 5.41) is 13.8. The molecule has 0 saturated carbocycles. The molecule has 5 nitrogen and oxygen atoms in total. The molecule has 5 heteroatoms. The fourth-order valence-electron chi connectivity index (χ4n) is 2.35. The lowest BCUT2D eigenvalue weighted by atomic mass is 10.1. The van der Waals surface area contributed by atoms with Gasteiger partial charge in [0.1, 0.15) is 5.69 Å². The van der Waals surface area contributed by atoms with Gasteiger partial charge in [-0.1, -0.05) is 6.07 Å². The largest absolute Gasteiger partial charge is 0.477 e. The van der Waals surface area contributed by atoms with E-state index in [1.165, 1.54) is 17.0 Å². The second-order valence-corrected chi connectivity index (χ2v) is 4.95. The Hall–Kier alpha value is -2.82. The maximum Gasteiger partial charge on any atom is 0.354 e. The SMILES string of the molecule is Cc1cc(C)cc(-n2nc(-c3ccco3)cc2C(=O)O)c1. The van der Waals surface area contributed by atoms with Crippen LogP contribution < -0.4 is 0 Å². The maximum atomic E-state index is 11.5. The Morgan fingerprint density at radius 2 is 1.90 bits per heavy atom. The lowest BCUT2D eigenvalue weighted by molar-refractivity contribution is 0.0687. The van der Waals surface area contributed by atoms with Crippen LogP contribution in [0.1, 0.15) is 21.6 Å². The molecule has 1 N–H and O–H groups in total. The fraction of sp³-hybridized carbons (Fsp3) is 0.125. The molecular weight excluding hydrogens is 268 g/mol. The van der Waals surface area contributed by atoms with E-state index in [1.54, 1.807) is 12.1 Å². The highest BCUT2D eigenvalue weighted by atomic mass is 16.4. The smallest absolute Gasteiger partial charge is 0.354 e. The molecule has 0 saturated heterocycles. The summed E-state index contributed by atoms with van der Waals surface area (Å²) in [4.78, 5) is 11.5. The number of carbonyl (C=O) groups is 1. The molecule has 0 atom stereocenters. The highest BCUT2D eigenvalue weighted by molar-refractivity contribution is 5.87. The Balaban J connectivity index is 2.19. The molecular formula is C16H14N2O3. The summed E-state index contributed by atoms with van der Waals surface area (Å²) in [7, 11) is 0. The van der Waals surface area contributed by atoms with Gasteiger partial charge in [0.15, 0.2) is 11.5 Å². The third-order valence-corrected chi connectivity index (χ3v) is 3.15. The highest BCUT2D eigenvalue weighted by Crippen LogP contribution is 2.23. The molecule has 0 unspecified atom stereocenters. The van der Waals surface area contributed by atoms with Crippen molar-refractivity contribution in [1.82, 2.24) is 9.78 Å². The molecule has 0 fully saturated rings. The summed E-state index contributed by atoms with van der Waals surface area (Å²) in [5.41, 5.74) is 3.43. The molecule has 0 aliphatic carbocycles. The number of carboxylic acids is 1. The zero-order valence-electron chi connectivity index (χ0n) is 11.7. The number of aryl methyl sites for hydroxylation is 2. The van der Waals surface area contributed by atoms with Crippen LogP contribution in [0.15, 0.2) is 47.1 Å². The van der Waals surface area contributed by atoms with Crippen LogP contribution in [0.2, 0.25) is 0 Å². The van der Waals surface area contributed by atoms with Crippen LogP contribution in [0.4, 0.5) is 0 Å². The number of aromatic nitrogens is 2. The lowest BCUT2D eigenvalue weighted by Gasteiger charge is -2.07. The first kappa shape index (κ1) is 13.2. The minimum atomic E-state index is -1.03. The predicted molar refractivity (Wildman–Crippen MR) is 77.7 cm³/mol. The molecule has 21 heavy (non-hydrogen) atoms. The van der Waals surface area contributed by atoms with Crippen molar-refractivity contribution in [3.05, 3.63) is 59.5 Å². The molecule has 0 amide bonds. The van der Waals surface area contributed by atoms with Gasteiger partial charge in [-0.15, -0.1) is 0 Å². The zero-order valence-corrected chi connectivity index (χ0v) is 11.7. The van der Waals surface area contributed by atoms with Gasteiger partial charge in [-0.2, -0.15) is 5.10 Å². The zero-order chi connectivity index (χ0) is 15.0. The van der Waals surface area contributed by atoms with E-state index in [0.717, 1.165) is 16.8 Å². The first-order valence-electron chi connectivity index (χ1n) is 6.50. The van der Waals surface area contributed by atoms with Gasteiger partial charge in [-0.05, 0) is 49.2 Å². The van der Waals surface area contributed by atoms with Crippen molar-refractivity contribution in [2.24, 2.45) is 0 Å². The summed E-state index contributed by atoms with van der Waals surface area (Å²) in [5.74, 6) is -0.486. The van der Waals surface area contributed by atoms with Crippen LogP contribution in [0.3, 0.4) is 0 Å². The van der Waals surface area contributed by atoms with Crippen LogP contribution >= 0.6 is 0 Å².